The van der Waals surface area contributed by atoms with Crippen molar-refractivity contribution < 1.29 is 5.11 Å². The molecule has 0 rings (SSSR count). The van der Waals surface area contributed by atoms with Crippen molar-refractivity contribution in [2.24, 2.45) is 17.2 Å². The third-order valence-electron chi connectivity index (χ3n) is 1.98. The van der Waals surface area contributed by atoms with Crippen LogP contribution in [0.2, 0.25) is 0 Å². The highest BCUT2D eigenvalue weighted by Crippen LogP contribution is 2.03. The number of aliphatic hydroxyl groups excluding tert-OH is 1. The lowest BCUT2D eigenvalue weighted by Gasteiger charge is -2.31. The molecule has 0 aromatic rings. The van der Waals surface area contributed by atoms with Crippen LogP contribution >= 0.6 is 0 Å². The molecule has 0 saturated heterocycles. The Kier molecular flexibility index (Phi) is 5.36. The summed E-state index contributed by atoms with van der Waals surface area (Å²) in [5, 5.41) is 8.75. The van der Waals surface area contributed by atoms with Gasteiger partial charge in [-0.05, 0) is 20.5 Å². The van der Waals surface area contributed by atoms with E-state index in [1.807, 2.05) is 19.0 Å². The lowest BCUT2D eigenvalue weighted by atomic mass is 10.0. The number of nitrogens with two attached hydrogens (primary N) is 3. The van der Waals surface area contributed by atoms with Crippen LogP contribution in [0.3, 0.4) is 0 Å². The zero-order valence-corrected chi connectivity index (χ0v) is 7.77. The molecule has 2 unspecified atom stereocenters. The molecule has 0 aliphatic heterocycles. The Morgan fingerprint density at radius 1 is 1.25 bits per heavy atom. The van der Waals surface area contributed by atoms with E-state index >= 15 is 0 Å². The Morgan fingerprint density at radius 2 is 1.75 bits per heavy atom. The average molecular weight is 176 g/mol. The van der Waals surface area contributed by atoms with Crippen molar-refractivity contribution in [3.05, 3.63) is 0 Å². The molecule has 0 aromatic carbocycles. The lowest BCUT2D eigenvalue weighted by Crippen LogP contribution is -2.58. The highest BCUT2D eigenvalue weighted by atomic mass is 16.3. The summed E-state index contributed by atoms with van der Waals surface area (Å²) in [6.45, 7) is 0.100. The number of hydrogen-bond acceptors (Lipinski definition) is 5. The number of aliphatic hydroxyl groups is 1. The first-order valence-corrected chi connectivity index (χ1v) is 4.04. The van der Waals surface area contributed by atoms with E-state index in [2.05, 4.69) is 0 Å². The number of nitrogens with zero attached hydrogens (tertiary/aromatic N) is 1. The first kappa shape index (κ1) is 11.8. The molecular weight excluding hydrogens is 156 g/mol. The molecule has 0 aromatic heterocycles. The predicted molar refractivity (Wildman–Crippen MR) is 49.3 cm³/mol. The summed E-state index contributed by atoms with van der Waals surface area (Å²) in [6.07, 6.45) is 0.0583. The summed E-state index contributed by atoms with van der Waals surface area (Å²) in [5.74, 6) is 0. The smallest absolute Gasteiger partial charge is 0.0692 e. The second-order valence-electron chi connectivity index (χ2n) is 3.20. The minimum absolute atomic E-state index is 0.0370. The van der Waals surface area contributed by atoms with Crippen LogP contribution in [0.4, 0.5) is 0 Å². The molecule has 7 N–H and O–H groups in total. The summed E-state index contributed by atoms with van der Waals surface area (Å²) in [6, 6.07) is -0.262. The minimum Gasteiger partial charge on any atom is -0.396 e. The van der Waals surface area contributed by atoms with E-state index in [-0.39, 0.29) is 18.7 Å². The first-order valence-electron chi connectivity index (χ1n) is 4.04. The van der Waals surface area contributed by atoms with E-state index in [1.165, 1.54) is 0 Å². The minimum atomic E-state index is -0.538. The maximum atomic E-state index is 8.75. The third kappa shape index (κ3) is 3.46. The largest absolute Gasteiger partial charge is 0.396 e. The Balaban J connectivity index is 4.09. The maximum absolute atomic E-state index is 8.75. The van der Waals surface area contributed by atoms with Gasteiger partial charge in [-0.25, -0.2) is 0 Å². The fourth-order valence-corrected chi connectivity index (χ4v) is 1.18. The van der Waals surface area contributed by atoms with Gasteiger partial charge in [-0.3, -0.25) is 0 Å². The molecular formula is C7H20N4O. The maximum Gasteiger partial charge on any atom is 0.0692 e. The van der Waals surface area contributed by atoms with E-state index in [4.69, 9.17) is 22.3 Å². The molecule has 5 nitrogen and oxygen atoms in total. The zero-order chi connectivity index (χ0) is 9.72. The Hall–Kier alpha value is -0.200. The van der Waals surface area contributed by atoms with Gasteiger partial charge < -0.3 is 27.2 Å². The molecule has 74 valence electrons. The SMILES string of the molecule is CN(C)C(CCO)C(N)C(N)N. The van der Waals surface area contributed by atoms with Gasteiger partial charge in [-0.15, -0.1) is 0 Å². The van der Waals surface area contributed by atoms with Crippen LogP contribution in [-0.2, 0) is 0 Å². The molecule has 0 bridgehead atoms. The van der Waals surface area contributed by atoms with Gasteiger partial charge in [0.1, 0.15) is 0 Å². The van der Waals surface area contributed by atoms with Crippen molar-refractivity contribution in [2.45, 2.75) is 24.7 Å². The van der Waals surface area contributed by atoms with E-state index in [0.717, 1.165) is 0 Å². The summed E-state index contributed by atoms with van der Waals surface area (Å²) in [7, 11) is 3.78. The van der Waals surface area contributed by atoms with Crippen molar-refractivity contribution in [1.29, 1.82) is 0 Å². The van der Waals surface area contributed by atoms with E-state index in [9.17, 15) is 0 Å². The van der Waals surface area contributed by atoms with Crippen LogP contribution in [0, 0.1) is 0 Å². The van der Waals surface area contributed by atoms with Crippen LogP contribution in [0.5, 0.6) is 0 Å². The van der Waals surface area contributed by atoms with Crippen LogP contribution in [0.15, 0.2) is 0 Å². The number of likely N-dealkylation sites (N-methyl/N-ethyl adjacent to an activating group) is 1. The first-order chi connectivity index (χ1) is 5.50. The van der Waals surface area contributed by atoms with Crippen molar-refractivity contribution in [3.63, 3.8) is 0 Å². The third-order valence-corrected chi connectivity index (χ3v) is 1.98. The normalized spacial score (nSPS) is 17.0. The van der Waals surface area contributed by atoms with Crippen LogP contribution in [-0.4, -0.2) is 49.0 Å². The second-order valence-corrected chi connectivity index (χ2v) is 3.20. The van der Waals surface area contributed by atoms with Crippen LogP contribution in [0.25, 0.3) is 0 Å². The highest BCUT2D eigenvalue weighted by Gasteiger charge is 2.22. The fraction of sp³-hybridized carbons (Fsp3) is 1.00. The van der Waals surface area contributed by atoms with E-state index < -0.39 is 6.17 Å². The van der Waals surface area contributed by atoms with E-state index in [1.54, 1.807) is 0 Å². The number of hydrogen-bond donors (Lipinski definition) is 4. The van der Waals surface area contributed by atoms with E-state index in [0.29, 0.717) is 6.42 Å². The Labute approximate surface area is 73.5 Å². The zero-order valence-electron chi connectivity index (χ0n) is 7.77. The Morgan fingerprint density at radius 3 is 2.00 bits per heavy atom. The van der Waals surface area contributed by atoms with Crippen LogP contribution in [0.1, 0.15) is 6.42 Å². The quantitative estimate of drug-likeness (QED) is 0.358. The molecule has 5 heteroatoms. The summed E-state index contributed by atoms with van der Waals surface area (Å²) in [4.78, 5) is 1.92. The van der Waals surface area contributed by atoms with Gasteiger partial charge in [0, 0.05) is 18.7 Å². The van der Waals surface area contributed by atoms with Gasteiger partial charge in [0.2, 0.25) is 0 Å². The average Bonchev–Trinajstić information content (AvgIpc) is 1.98. The molecule has 0 saturated carbocycles. The summed E-state index contributed by atoms with van der Waals surface area (Å²) >= 11 is 0. The lowest BCUT2D eigenvalue weighted by molar-refractivity contribution is 0.177. The van der Waals surface area contributed by atoms with Crippen molar-refractivity contribution >= 4 is 0 Å². The highest BCUT2D eigenvalue weighted by molar-refractivity contribution is 4.84. The molecule has 0 heterocycles. The molecule has 0 fully saturated rings. The molecule has 0 amide bonds. The molecule has 0 radical (unpaired) electrons. The van der Waals surface area contributed by atoms with Crippen molar-refractivity contribution in [3.8, 4) is 0 Å². The van der Waals surface area contributed by atoms with Crippen LogP contribution < -0.4 is 17.2 Å². The fourth-order valence-electron chi connectivity index (χ4n) is 1.18. The summed E-state index contributed by atoms with van der Waals surface area (Å²) < 4.78 is 0. The molecule has 0 aliphatic carbocycles. The molecule has 12 heavy (non-hydrogen) atoms. The van der Waals surface area contributed by atoms with Gasteiger partial charge >= 0.3 is 0 Å². The molecule has 0 aliphatic rings. The van der Waals surface area contributed by atoms with Gasteiger partial charge in [-0.1, -0.05) is 0 Å². The second kappa shape index (κ2) is 5.45. The Bertz CT molecular complexity index is 118. The molecule has 2 atom stereocenters. The topological polar surface area (TPSA) is 102 Å². The van der Waals surface area contributed by atoms with Gasteiger partial charge in [0.25, 0.3) is 0 Å². The van der Waals surface area contributed by atoms with Gasteiger partial charge in [0.05, 0.1) is 6.17 Å². The number of rotatable bonds is 5. The standard InChI is InChI=1S/C7H20N4O/c1-11(2)5(3-4-12)6(8)7(9)10/h5-7,12H,3-4,8-10H2,1-2H3. The van der Waals surface area contributed by atoms with Gasteiger partial charge in [0.15, 0.2) is 0 Å². The van der Waals surface area contributed by atoms with Crippen molar-refractivity contribution in [1.82, 2.24) is 4.90 Å². The predicted octanol–water partition coefficient (Wildman–Crippen LogP) is -2.13. The molecule has 0 spiro atoms. The summed E-state index contributed by atoms with van der Waals surface area (Å²) in [5.41, 5.74) is 16.6. The monoisotopic (exact) mass is 176 g/mol. The van der Waals surface area contributed by atoms with Crippen molar-refractivity contribution in [2.75, 3.05) is 20.7 Å². The van der Waals surface area contributed by atoms with Gasteiger partial charge in [-0.2, -0.15) is 0 Å².